The van der Waals surface area contributed by atoms with Crippen LogP contribution < -0.4 is 10.5 Å². The average Bonchev–Trinajstić information content (AvgIpc) is 2.88. The van der Waals surface area contributed by atoms with Crippen LogP contribution in [0.2, 0.25) is 0 Å². The van der Waals surface area contributed by atoms with Crippen LogP contribution in [0.1, 0.15) is 13.3 Å². The highest BCUT2D eigenvalue weighted by atomic mass is 16.5. The number of hydrogen-bond acceptors (Lipinski definition) is 3. The Balaban J connectivity index is 1.90. The van der Waals surface area contributed by atoms with Gasteiger partial charge >= 0.3 is 0 Å². The number of H-pyrrole nitrogens is 1. The first-order chi connectivity index (χ1) is 9.76. The number of ether oxygens (including phenoxy) is 1. The van der Waals surface area contributed by atoms with Gasteiger partial charge in [-0.05, 0) is 48.9 Å². The van der Waals surface area contributed by atoms with Crippen molar-refractivity contribution in [3.63, 3.8) is 0 Å². The first kappa shape index (κ1) is 12.5. The van der Waals surface area contributed by atoms with Gasteiger partial charge in [-0.1, -0.05) is 6.92 Å². The Morgan fingerprint density at radius 2 is 1.95 bits per heavy atom. The minimum absolute atomic E-state index is 0.732. The molecule has 0 bridgehead atoms. The summed E-state index contributed by atoms with van der Waals surface area (Å²) in [7, 11) is 0. The highest BCUT2D eigenvalue weighted by Crippen LogP contribution is 2.23. The van der Waals surface area contributed by atoms with E-state index in [1.165, 1.54) is 0 Å². The molecule has 1 aromatic heterocycles. The molecular weight excluding hydrogens is 250 g/mol. The quantitative estimate of drug-likeness (QED) is 0.710. The molecule has 102 valence electrons. The van der Waals surface area contributed by atoms with Crippen LogP contribution in [-0.2, 0) is 0 Å². The third-order valence-corrected chi connectivity index (χ3v) is 3.11. The van der Waals surface area contributed by atoms with Crippen molar-refractivity contribution in [2.24, 2.45) is 0 Å². The van der Waals surface area contributed by atoms with Crippen LogP contribution >= 0.6 is 0 Å². The van der Waals surface area contributed by atoms with Crippen molar-refractivity contribution in [3.05, 3.63) is 42.5 Å². The van der Waals surface area contributed by atoms with Crippen molar-refractivity contribution < 1.29 is 4.74 Å². The van der Waals surface area contributed by atoms with Gasteiger partial charge in [-0.2, -0.15) is 0 Å². The predicted molar refractivity (Wildman–Crippen MR) is 81.7 cm³/mol. The third-order valence-electron chi connectivity index (χ3n) is 3.11. The minimum atomic E-state index is 0.732. The summed E-state index contributed by atoms with van der Waals surface area (Å²) in [4.78, 5) is 7.85. The number of nitrogens with two attached hydrogens (primary N) is 1. The lowest BCUT2D eigenvalue weighted by Gasteiger charge is -2.04. The second kappa shape index (κ2) is 5.25. The lowest BCUT2D eigenvalue weighted by Crippen LogP contribution is -1.94. The zero-order chi connectivity index (χ0) is 13.9. The topological polar surface area (TPSA) is 63.9 Å². The summed E-state index contributed by atoms with van der Waals surface area (Å²) >= 11 is 0. The normalized spacial score (nSPS) is 10.8. The molecule has 0 spiro atoms. The minimum Gasteiger partial charge on any atom is -0.494 e. The molecule has 4 nitrogen and oxygen atoms in total. The van der Waals surface area contributed by atoms with Gasteiger partial charge < -0.3 is 15.5 Å². The summed E-state index contributed by atoms with van der Waals surface area (Å²) in [6.07, 6.45) is 1.01. The Hall–Kier alpha value is -2.49. The van der Waals surface area contributed by atoms with E-state index in [1.54, 1.807) is 0 Å². The van der Waals surface area contributed by atoms with E-state index in [2.05, 4.69) is 16.9 Å². The Labute approximate surface area is 117 Å². The molecule has 0 aliphatic carbocycles. The number of hydrogen-bond donors (Lipinski definition) is 2. The van der Waals surface area contributed by atoms with E-state index < -0.39 is 0 Å². The maximum atomic E-state index is 5.77. The summed E-state index contributed by atoms with van der Waals surface area (Å²) in [5.41, 5.74) is 9.40. The van der Waals surface area contributed by atoms with Crippen LogP contribution in [0.3, 0.4) is 0 Å². The fourth-order valence-electron chi connectivity index (χ4n) is 2.09. The standard InChI is InChI=1S/C16H17N3O/c1-2-9-20-13-6-3-11(4-7-13)16-18-14-8-5-12(17)10-15(14)19-16/h3-8,10H,2,9,17H2,1H3,(H,18,19). The monoisotopic (exact) mass is 267 g/mol. The molecule has 0 radical (unpaired) electrons. The molecule has 0 fully saturated rings. The van der Waals surface area contributed by atoms with Gasteiger partial charge in [0, 0.05) is 11.3 Å². The molecule has 0 aliphatic rings. The molecule has 20 heavy (non-hydrogen) atoms. The Morgan fingerprint density at radius 3 is 2.70 bits per heavy atom. The summed E-state index contributed by atoms with van der Waals surface area (Å²) in [6, 6.07) is 13.6. The number of nitrogens with one attached hydrogen (secondary N) is 1. The summed E-state index contributed by atoms with van der Waals surface area (Å²) in [5.74, 6) is 1.73. The molecule has 2 aromatic carbocycles. The van der Waals surface area contributed by atoms with E-state index in [-0.39, 0.29) is 0 Å². The van der Waals surface area contributed by atoms with Crippen molar-refractivity contribution in [2.75, 3.05) is 12.3 Å². The molecule has 3 aromatic rings. The fourth-order valence-corrected chi connectivity index (χ4v) is 2.09. The lowest BCUT2D eigenvalue weighted by molar-refractivity contribution is 0.317. The van der Waals surface area contributed by atoms with Crippen LogP contribution in [0.4, 0.5) is 5.69 Å². The van der Waals surface area contributed by atoms with E-state index >= 15 is 0 Å². The van der Waals surface area contributed by atoms with Crippen LogP contribution in [0.5, 0.6) is 5.75 Å². The molecule has 0 saturated heterocycles. The molecule has 0 unspecified atom stereocenters. The highest BCUT2D eigenvalue weighted by Gasteiger charge is 2.05. The number of anilines is 1. The molecule has 0 saturated carbocycles. The summed E-state index contributed by atoms with van der Waals surface area (Å²) in [5, 5.41) is 0. The maximum absolute atomic E-state index is 5.77. The van der Waals surface area contributed by atoms with E-state index in [9.17, 15) is 0 Å². The Morgan fingerprint density at radius 1 is 1.15 bits per heavy atom. The first-order valence-corrected chi connectivity index (χ1v) is 6.75. The van der Waals surface area contributed by atoms with Gasteiger partial charge in [0.15, 0.2) is 0 Å². The third kappa shape index (κ3) is 2.45. The lowest BCUT2D eigenvalue weighted by atomic mass is 10.2. The van der Waals surface area contributed by atoms with Gasteiger partial charge in [-0.3, -0.25) is 0 Å². The predicted octanol–water partition coefficient (Wildman–Crippen LogP) is 3.60. The van der Waals surface area contributed by atoms with Crippen LogP contribution in [0.25, 0.3) is 22.4 Å². The van der Waals surface area contributed by atoms with Gasteiger partial charge in [0.1, 0.15) is 11.6 Å². The van der Waals surface area contributed by atoms with Crippen molar-refractivity contribution in [1.29, 1.82) is 0 Å². The van der Waals surface area contributed by atoms with Crippen molar-refractivity contribution >= 4 is 16.7 Å². The zero-order valence-corrected chi connectivity index (χ0v) is 11.4. The second-order valence-corrected chi connectivity index (χ2v) is 4.73. The number of aromatic nitrogens is 2. The van der Waals surface area contributed by atoms with E-state index in [0.717, 1.165) is 46.9 Å². The molecule has 1 heterocycles. The maximum Gasteiger partial charge on any atom is 0.138 e. The fraction of sp³-hybridized carbons (Fsp3) is 0.188. The highest BCUT2D eigenvalue weighted by molar-refractivity contribution is 5.82. The number of nitrogens with zero attached hydrogens (tertiary/aromatic N) is 1. The van der Waals surface area contributed by atoms with Gasteiger partial charge in [0.25, 0.3) is 0 Å². The molecule has 0 atom stereocenters. The van der Waals surface area contributed by atoms with E-state index in [4.69, 9.17) is 10.5 Å². The Bertz CT molecular complexity index is 716. The smallest absolute Gasteiger partial charge is 0.138 e. The second-order valence-electron chi connectivity index (χ2n) is 4.73. The van der Waals surface area contributed by atoms with Gasteiger partial charge in [0.05, 0.1) is 17.6 Å². The van der Waals surface area contributed by atoms with Crippen molar-refractivity contribution in [2.45, 2.75) is 13.3 Å². The van der Waals surface area contributed by atoms with Crippen molar-refractivity contribution in [1.82, 2.24) is 9.97 Å². The molecule has 0 amide bonds. The van der Waals surface area contributed by atoms with Gasteiger partial charge in [0.2, 0.25) is 0 Å². The average molecular weight is 267 g/mol. The van der Waals surface area contributed by atoms with Gasteiger partial charge in [-0.25, -0.2) is 4.98 Å². The van der Waals surface area contributed by atoms with Gasteiger partial charge in [-0.15, -0.1) is 0 Å². The number of aromatic amines is 1. The molecular formula is C16H17N3O. The van der Waals surface area contributed by atoms with Crippen LogP contribution in [0, 0.1) is 0 Å². The van der Waals surface area contributed by atoms with Crippen molar-refractivity contribution in [3.8, 4) is 17.1 Å². The SMILES string of the molecule is CCCOc1ccc(-c2nc3ccc(N)cc3[nH]2)cc1. The molecule has 3 N–H and O–H groups in total. The summed E-state index contributed by atoms with van der Waals surface area (Å²) in [6.45, 7) is 2.83. The zero-order valence-electron chi connectivity index (χ0n) is 11.4. The van der Waals surface area contributed by atoms with E-state index in [0.29, 0.717) is 0 Å². The molecule has 3 rings (SSSR count). The Kier molecular flexibility index (Phi) is 3.29. The number of rotatable bonds is 4. The van der Waals surface area contributed by atoms with Crippen LogP contribution in [0.15, 0.2) is 42.5 Å². The largest absolute Gasteiger partial charge is 0.494 e. The number of benzene rings is 2. The number of fused-ring (bicyclic) bond motifs is 1. The summed E-state index contributed by atoms with van der Waals surface area (Å²) < 4.78 is 5.57. The first-order valence-electron chi connectivity index (χ1n) is 6.75. The van der Waals surface area contributed by atoms with Crippen LogP contribution in [-0.4, -0.2) is 16.6 Å². The number of nitrogen functional groups attached to an aromatic ring is 1. The van der Waals surface area contributed by atoms with E-state index in [1.807, 2.05) is 42.5 Å². The number of imidazole rings is 1. The molecule has 0 aliphatic heterocycles. The molecule has 4 heteroatoms.